The number of aliphatic imine (C=N–C) groups is 1. The molecule has 0 atom stereocenters. The molecule has 1 fully saturated rings. The van der Waals surface area contributed by atoms with Gasteiger partial charge in [0.1, 0.15) is 0 Å². The molecular weight excluding hydrogens is 441 g/mol. The second kappa shape index (κ2) is 13.3. The molecule has 1 saturated heterocycles. The highest BCUT2D eigenvalue weighted by molar-refractivity contribution is 14.0. The van der Waals surface area contributed by atoms with Crippen LogP contribution in [0.15, 0.2) is 29.3 Å². The molecule has 6 heteroatoms. The predicted molar refractivity (Wildman–Crippen MR) is 118 cm³/mol. The van der Waals surface area contributed by atoms with Gasteiger partial charge >= 0.3 is 0 Å². The molecule has 5 nitrogen and oxygen atoms in total. The lowest BCUT2D eigenvalue weighted by molar-refractivity contribution is 0.0203. The first-order valence-electron chi connectivity index (χ1n) is 9.32. The summed E-state index contributed by atoms with van der Waals surface area (Å²) in [6, 6.07) is 8.48. The molecule has 0 radical (unpaired) electrons. The second-order valence-electron chi connectivity index (χ2n) is 6.74. The van der Waals surface area contributed by atoms with Crippen LogP contribution in [0.2, 0.25) is 0 Å². The highest BCUT2D eigenvalue weighted by Crippen LogP contribution is 2.14. The number of hydrogen-bond donors (Lipinski definition) is 1. The summed E-state index contributed by atoms with van der Waals surface area (Å²) in [5.41, 5.74) is 2.64. The first-order valence-corrected chi connectivity index (χ1v) is 9.32. The van der Waals surface area contributed by atoms with Gasteiger partial charge in [0.25, 0.3) is 0 Å². The van der Waals surface area contributed by atoms with Crippen LogP contribution in [0.3, 0.4) is 0 Å². The van der Waals surface area contributed by atoms with Crippen LogP contribution in [0.5, 0.6) is 0 Å². The maximum Gasteiger partial charge on any atom is 0.193 e. The van der Waals surface area contributed by atoms with E-state index in [1.807, 2.05) is 7.05 Å². The lowest BCUT2D eigenvalue weighted by Gasteiger charge is -2.23. The minimum absolute atomic E-state index is 0. The number of rotatable bonds is 8. The minimum Gasteiger partial charge on any atom is -0.381 e. The number of halogens is 1. The number of nitrogens with zero attached hydrogens (tertiary/aromatic N) is 2. The van der Waals surface area contributed by atoms with Gasteiger partial charge in [-0.3, -0.25) is 4.99 Å². The van der Waals surface area contributed by atoms with Gasteiger partial charge in [-0.25, -0.2) is 0 Å². The van der Waals surface area contributed by atoms with Crippen molar-refractivity contribution in [3.8, 4) is 0 Å². The van der Waals surface area contributed by atoms with Crippen molar-refractivity contribution in [3.05, 3.63) is 35.4 Å². The zero-order valence-electron chi connectivity index (χ0n) is 16.4. The van der Waals surface area contributed by atoms with Crippen LogP contribution in [0.1, 0.15) is 30.4 Å². The van der Waals surface area contributed by atoms with Gasteiger partial charge in [-0.2, -0.15) is 0 Å². The molecule has 1 aromatic rings. The number of benzene rings is 1. The number of nitrogens with one attached hydrogen (secondary N) is 1. The van der Waals surface area contributed by atoms with Gasteiger partial charge in [-0.1, -0.05) is 24.3 Å². The summed E-state index contributed by atoms with van der Waals surface area (Å²) in [7, 11) is 3.90. The standard InChI is InChI=1S/C20H33N3O2.HI/c1-17-7-4-5-8-19(17)15-23(3)20(21-2)22-11-6-12-25-16-18-9-13-24-14-10-18;/h4-5,7-8,18H,6,9-16H2,1-3H3,(H,21,22);1H. The summed E-state index contributed by atoms with van der Waals surface area (Å²) < 4.78 is 11.2. The molecule has 1 aliphatic rings. The van der Waals surface area contributed by atoms with Crippen molar-refractivity contribution in [2.45, 2.75) is 32.7 Å². The largest absolute Gasteiger partial charge is 0.381 e. The number of aryl methyl sites for hydroxylation is 1. The summed E-state index contributed by atoms with van der Waals surface area (Å²) in [5, 5.41) is 3.42. The molecule has 26 heavy (non-hydrogen) atoms. The fourth-order valence-corrected chi connectivity index (χ4v) is 3.04. The van der Waals surface area contributed by atoms with Crippen LogP contribution >= 0.6 is 24.0 Å². The van der Waals surface area contributed by atoms with E-state index < -0.39 is 0 Å². The van der Waals surface area contributed by atoms with E-state index in [9.17, 15) is 0 Å². The van der Waals surface area contributed by atoms with Crippen molar-refractivity contribution in [3.63, 3.8) is 0 Å². The van der Waals surface area contributed by atoms with Crippen LogP contribution in [0.4, 0.5) is 0 Å². The van der Waals surface area contributed by atoms with Crippen LogP contribution in [0, 0.1) is 12.8 Å². The van der Waals surface area contributed by atoms with E-state index in [1.54, 1.807) is 0 Å². The van der Waals surface area contributed by atoms with E-state index in [1.165, 1.54) is 11.1 Å². The van der Waals surface area contributed by atoms with E-state index >= 15 is 0 Å². The third-order valence-electron chi connectivity index (χ3n) is 4.69. The highest BCUT2D eigenvalue weighted by atomic mass is 127. The Balaban J connectivity index is 0.00000338. The minimum atomic E-state index is 0. The van der Waals surface area contributed by atoms with E-state index in [2.05, 4.69) is 53.4 Å². The van der Waals surface area contributed by atoms with Crippen molar-refractivity contribution in [2.75, 3.05) is 47.1 Å². The van der Waals surface area contributed by atoms with E-state index in [4.69, 9.17) is 9.47 Å². The molecule has 0 aliphatic carbocycles. The molecule has 1 heterocycles. The Morgan fingerprint density at radius 3 is 2.73 bits per heavy atom. The normalized spacial score (nSPS) is 15.4. The fourth-order valence-electron chi connectivity index (χ4n) is 3.04. The smallest absolute Gasteiger partial charge is 0.193 e. The van der Waals surface area contributed by atoms with Crippen molar-refractivity contribution >= 4 is 29.9 Å². The SMILES string of the molecule is CN=C(NCCCOCC1CCOCC1)N(C)Cc1ccccc1C.I. The third-order valence-corrected chi connectivity index (χ3v) is 4.69. The van der Waals surface area contributed by atoms with Crippen LogP contribution < -0.4 is 5.32 Å². The van der Waals surface area contributed by atoms with E-state index in [0.29, 0.717) is 5.92 Å². The maximum absolute atomic E-state index is 5.81. The number of hydrogen-bond acceptors (Lipinski definition) is 3. The van der Waals surface area contributed by atoms with Gasteiger partial charge in [-0.05, 0) is 43.2 Å². The summed E-state index contributed by atoms with van der Waals surface area (Å²) in [5.74, 6) is 1.60. The molecule has 0 amide bonds. The van der Waals surface area contributed by atoms with Crippen LogP contribution in [-0.2, 0) is 16.0 Å². The van der Waals surface area contributed by atoms with E-state index in [0.717, 1.165) is 64.7 Å². The monoisotopic (exact) mass is 475 g/mol. The zero-order valence-corrected chi connectivity index (χ0v) is 18.7. The van der Waals surface area contributed by atoms with Crippen LogP contribution in [0.25, 0.3) is 0 Å². The maximum atomic E-state index is 5.81. The Labute approximate surface area is 175 Å². The molecule has 148 valence electrons. The zero-order chi connectivity index (χ0) is 17.9. The number of ether oxygens (including phenoxy) is 2. The topological polar surface area (TPSA) is 46.1 Å². The average Bonchev–Trinajstić information content (AvgIpc) is 2.64. The summed E-state index contributed by atoms with van der Waals surface area (Å²) in [6.07, 6.45) is 3.25. The lowest BCUT2D eigenvalue weighted by atomic mass is 10.0. The molecule has 0 bridgehead atoms. The molecule has 1 aromatic carbocycles. The molecule has 0 aromatic heterocycles. The molecule has 2 rings (SSSR count). The average molecular weight is 475 g/mol. The quantitative estimate of drug-likeness (QED) is 0.271. The van der Waals surface area contributed by atoms with Gasteiger partial charge < -0.3 is 19.7 Å². The molecular formula is C20H34IN3O2. The lowest BCUT2D eigenvalue weighted by Crippen LogP contribution is -2.39. The molecule has 0 saturated carbocycles. The molecule has 1 N–H and O–H groups in total. The molecule has 1 aliphatic heterocycles. The van der Waals surface area contributed by atoms with Crippen molar-refractivity contribution in [1.82, 2.24) is 10.2 Å². The first kappa shape index (κ1) is 23.2. The summed E-state index contributed by atoms with van der Waals surface area (Å²) in [6.45, 7) is 7.31. The van der Waals surface area contributed by atoms with Crippen LogP contribution in [-0.4, -0.2) is 57.9 Å². The van der Waals surface area contributed by atoms with Crippen molar-refractivity contribution in [2.24, 2.45) is 10.9 Å². The summed E-state index contributed by atoms with van der Waals surface area (Å²) >= 11 is 0. The predicted octanol–water partition coefficient (Wildman–Crippen LogP) is 3.45. The van der Waals surface area contributed by atoms with Gasteiger partial charge in [0.2, 0.25) is 0 Å². The van der Waals surface area contributed by atoms with Gasteiger partial charge in [0.05, 0.1) is 0 Å². The highest BCUT2D eigenvalue weighted by Gasteiger charge is 2.13. The van der Waals surface area contributed by atoms with Crippen molar-refractivity contribution < 1.29 is 9.47 Å². The Morgan fingerprint density at radius 2 is 2.04 bits per heavy atom. The Hall–Kier alpha value is -0.860. The fraction of sp³-hybridized carbons (Fsp3) is 0.650. The summed E-state index contributed by atoms with van der Waals surface area (Å²) in [4.78, 5) is 6.54. The third kappa shape index (κ3) is 8.22. The first-order chi connectivity index (χ1) is 12.2. The Morgan fingerprint density at radius 1 is 1.31 bits per heavy atom. The number of guanidine groups is 1. The van der Waals surface area contributed by atoms with E-state index in [-0.39, 0.29) is 24.0 Å². The Kier molecular flexibility index (Phi) is 11.9. The van der Waals surface area contributed by atoms with Gasteiger partial charge in [0.15, 0.2) is 5.96 Å². The molecule has 0 unspecified atom stereocenters. The molecule has 0 spiro atoms. The van der Waals surface area contributed by atoms with Gasteiger partial charge in [0, 0.05) is 53.6 Å². The van der Waals surface area contributed by atoms with Gasteiger partial charge in [-0.15, -0.1) is 24.0 Å². The Bertz CT molecular complexity index is 534. The second-order valence-corrected chi connectivity index (χ2v) is 6.74. The van der Waals surface area contributed by atoms with Crippen molar-refractivity contribution in [1.29, 1.82) is 0 Å².